The van der Waals surface area contributed by atoms with Crippen LogP contribution in [0.4, 0.5) is 0 Å². The van der Waals surface area contributed by atoms with Gasteiger partial charge >= 0.3 is 0 Å². The lowest BCUT2D eigenvalue weighted by Crippen LogP contribution is -2.24. The van der Waals surface area contributed by atoms with Crippen LogP contribution in [-0.4, -0.2) is 19.3 Å². The molecule has 1 aliphatic rings. The van der Waals surface area contributed by atoms with Crippen LogP contribution in [0, 0.1) is 0 Å². The summed E-state index contributed by atoms with van der Waals surface area (Å²) in [5.41, 5.74) is 1.23. The van der Waals surface area contributed by atoms with Crippen LogP contribution in [0.1, 0.15) is 24.8 Å². The second-order valence-corrected chi connectivity index (χ2v) is 3.99. The van der Waals surface area contributed by atoms with E-state index in [0.29, 0.717) is 12.7 Å². The highest BCUT2D eigenvalue weighted by molar-refractivity contribution is 5.13. The molecule has 15 heavy (non-hydrogen) atoms. The van der Waals surface area contributed by atoms with Crippen LogP contribution in [-0.2, 0) is 16.1 Å². The van der Waals surface area contributed by atoms with Crippen LogP contribution >= 0.6 is 0 Å². The first-order valence-electron chi connectivity index (χ1n) is 5.68. The summed E-state index contributed by atoms with van der Waals surface area (Å²) in [4.78, 5) is 0. The lowest BCUT2D eigenvalue weighted by atomic mass is 10.1. The lowest BCUT2D eigenvalue weighted by Gasteiger charge is -2.22. The Kier molecular flexibility index (Phi) is 4.18. The zero-order chi connectivity index (χ0) is 10.3. The van der Waals surface area contributed by atoms with Gasteiger partial charge in [0.25, 0.3) is 0 Å². The molecule has 1 aromatic carbocycles. The molecular formula is C13H18O2. The van der Waals surface area contributed by atoms with Crippen molar-refractivity contribution in [3.8, 4) is 0 Å². The highest BCUT2D eigenvalue weighted by Crippen LogP contribution is 2.13. The Hall–Kier alpha value is -0.860. The quantitative estimate of drug-likeness (QED) is 0.754. The SMILES string of the molecule is c1ccc(COC[C@H]2CCCCO2)cc1. The molecule has 1 aliphatic heterocycles. The van der Waals surface area contributed by atoms with Crippen LogP contribution in [0.25, 0.3) is 0 Å². The monoisotopic (exact) mass is 206 g/mol. The Morgan fingerprint density at radius 3 is 2.80 bits per heavy atom. The molecule has 0 spiro atoms. The highest BCUT2D eigenvalue weighted by atomic mass is 16.5. The number of ether oxygens (including phenoxy) is 2. The minimum absolute atomic E-state index is 0.322. The van der Waals surface area contributed by atoms with Gasteiger partial charge in [0.1, 0.15) is 0 Å². The minimum atomic E-state index is 0.322. The topological polar surface area (TPSA) is 18.5 Å². The van der Waals surface area contributed by atoms with Crippen molar-refractivity contribution < 1.29 is 9.47 Å². The van der Waals surface area contributed by atoms with Crippen molar-refractivity contribution in [3.05, 3.63) is 35.9 Å². The standard InChI is InChI=1S/C13H18O2/c1-2-6-12(7-3-1)10-14-11-13-8-4-5-9-15-13/h1-3,6-7,13H,4-5,8-11H2/t13-/m1/s1. The Morgan fingerprint density at radius 1 is 1.20 bits per heavy atom. The Labute approximate surface area is 91.2 Å². The molecule has 0 N–H and O–H groups in total. The van der Waals surface area contributed by atoms with E-state index in [9.17, 15) is 0 Å². The molecule has 0 amide bonds. The smallest absolute Gasteiger partial charge is 0.0808 e. The summed E-state index contributed by atoms with van der Waals surface area (Å²) in [6, 6.07) is 10.3. The van der Waals surface area contributed by atoms with Gasteiger partial charge in [0.2, 0.25) is 0 Å². The van der Waals surface area contributed by atoms with Gasteiger partial charge in [-0.15, -0.1) is 0 Å². The predicted octanol–water partition coefficient (Wildman–Crippen LogP) is 2.77. The van der Waals surface area contributed by atoms with E-state index in [2.05, 4.69) is 12.1 Å². The summed E-state index contributed by atoms with van der Waals surface area (Å²) in [6.45, 7) is 2.33. The molecule has 1 atom stereocenters. The van der Waals surface area contributed by atoms with Gasteiger partial charge in [-0.3, -0.25) is 0 Å². The molecule has 0 radical (unpaired) electrons. The van der Waals surface area contributed by atoms with Crippen molar-refractivity contribution in [2.75, 3.05) is 13.2 Å². The van der Waals surface area contributed by atoms with Crippen LogP contribution in [0.3, 0.4) is 0 Å². The molecule has 2 nitrogen and oxygen atoms in total. The molecule has 2 heteroatoms. The average Bonchev–Trinajstić information content (AvgIpc) is 2.32. The summed E-state index contributed by atoms with van der Waals surface area (Å²) in [5.74, 6) is 0. The van der Waals surface area contributed by atoms with Gasteiger partial charge < -0.3 is 9.47 Å². The maximum absolute atomic E-state index is 5.63. The fraction of sp³-hybridized carbons (Fsp3) is 0.538. The number of hydrogen-bond acceptors (Lipinski definition) is 2. The van der Waals surface area contributed by atoms with Gasteiger partial charge in [0, 0.05) is 6.61 Å². The first-order valence-corrected chi connectivity index (χ1v) is 5.68. The third kappa shape index (κ3) is 3.65. The molecular weight excluding hydrogens is 188 g/mol. The summed E-state index contributed by atoms with van der Waals surface area (Å²) in [5, 5.41) is 0. The van der Waals surface area contributed by atoms with Crippen LogP contribution < -0.4 is 0 Å². The summed E-state index contributed by atoms with van der Waals surface area (Å²) in [7, 11) is 0. The van der Waals surface area contributed by atoms with Crippen molar-refractivity contribution in [2.45, 2.75) is 32.0 Å². The number of hydrogen-bond donors (Lipinski definition) is 0. The molecule has 0 unspecified atom stereocenters. The van der Waals surface area contributed by atoms with E-state index < -0.39 is 0 Å². The second-order valence-electron chi connectivity index (χ2n) is 3.99. The third-order valence-electron chi connectivity index (χ3n) is 2.69. The first kappa shape index (κ1) is 10.7. The van der Waals surface area contributed by atoms with Gasteiger partial charge in [-0.1, -0.05) is 30.3 Å². The number of benzene rings is 1. The molecule has 0 saturated carbocycles. The van der Waals surface area contributed by atoms with E-state index in [-0.39, 0.29) is 0 Å². The van der Waals surface area contributed by atoms with Crippen molar-refractivity contribution >= 4 is 0 Å². The van der Waals surface area contributed by atoms with Crippen LogP contribution in [0.15, 0.2) is 30.3 Å². The zero-order valence-electron chi connectivity index (χ0n) is 9.02. The van der Waals surface area contributed by atoms with Crippen LogP contribution in [0.2, 0.25) is 0 Å². The van der Waals surface area contributed by atoms with Crippen molar-refractivity contribution in [1.82, 2.24) is 0 Å². The zero-order valence-corrected chi connectivity index (χ0v) is 9.02. The Bertz CT molecular complexity index is 265. The van der Waals surface area contributed by atoms with Crippen LogP contribution in [0.5, 0.6) is 0 Å². The van der Waals surface area contributed by atoms with E-state index in [1.54, 1.807) is 0 Å². The highest BCUT2D eigenvalue weighted by Gasteiger charge is 2.13. The molecule has 1 aromatic rings. The summed E-state index contributed by atoms with van der Waals surface area (Å²) in [6.07, 6.45) is 3.95. The molecule has 0 aliphatic carbocycles. The van der Waals surface area contributed by atoms with E-state index in [1.165, 1.54) is 18.4 Å². The third-order valence-corrected chi connectivity index (χ3v) is 2.69. The normalized spacial score (nSPS) is 21.5. The van der Waals surface area contributed by atoms with Gasteiger partial charge in [-0.2, -0.15) is 0 Å². The summed E-state index contributed by atoms with van der Waals surface area (Å²) < 4.78 is 11.2. The molecule has 1 saturated heterocycles. The average molecular weight is 206 g/mol. The van der Waals surface area contributed by atoms with E-state index in [1.807, 2.05) is 18.2 Å². The Balaban J connectivity index is 1.66. The van der Waals surface area contributed by atoms with Gasteiger partial charge in [-0.05, 0) is 24.8 Å². The van der Waals surface area contributed by atoms with E-state index in [4.69, 9.17) is 9.47 Å². The van der Waals surface area contributed by atoms with Crippen molar-refractivity contribution in [3.63, 3.8) is 0 Å². The van der Waals surface area contributed by atoms with Crippen molar-refractivity contribution in [1.29, 1.82) is 0 Å². The largest absolute Gasteiger partial charge is 0.376 e. The van der Waals surface area contributed by atoms with E-state index in [0.717, 1.165) is 19.6 Å². The van der Waals surface area contributed by atoms with E-state index >= 15 is 0 Å². The molecule has 2 rings (SSSR count). The minimum Gasteiger partial charge on any atom is -0.376 e. The molecule has 1 heterocycles. The fourth-order valence-corrected chi connectivity index (χ4v) is 1.82. The Morgan fingerprint density at radius 2 is 2.07 bits per heavy atom. The molecule has 0 aromatic heterocycles. The van der Waals surface area contributed by atoms with Gasteiger partial charge in [0.05, 0.1) is 19.3 Å². The molecule has 1 fully saturated rings. The molecule has 0 bridgehead atoms. The first-order chi connectivity index (χ1) is 7.45. The van der Waals surface area contributed by atoms with Crippen molar-refractivity contribution in [2.24, 2.45) is 0 Å². The maximum atomic E-state index is 5.63. The maximum Gasteiger partial charge on any atom is 0.0808 e. The second kappa shape index (κ2) is 5.89. The fourth-order valence-electron chi connectivity index (χ4n) is 1.82. The number of rotatable bonds is 4. The van der Waals surface area contributed by atoms with Gasteiger partial charge in [-0.25, -0.2) is 0 Å². The van der Waals surface area contributed by atoms with Gasteiger partial charge in [0.15, 0.2) is 0 Å². The summed E-state index contributed by atoms with van der Waals surface area (Å²) >= 11 is 0. The predicted molar refractivity (Wildman–Crippen MR) is 59.7 cm³/mol. The lowest BCUT2D eigenvalue weighted by molar-refractivity contribution is -0.0447. The molecule has 82 valence electrons.